The maximum absolute atomic E-state index is 8.75. The SMILES string of the molecule is N#Cc1cccc(Nc2ccnc(N)n2)c1. The number of aromatic nitrogens is 2. The van der Waals surface area contributed by atoms with Gasteiger partial charge < -0.3 is 11.1 Å². The van der Waals surface area contributed by atoms with E-state index in [2.05, 4.69) is 21.4 Å². The molecular weight excluding hydrogens is 202 g/mol. The minimum atomic E-state index is 0.210. The molecule has 2 aromatic rings. The van der Waals surface area contributed by atoms with Gasteiger partial charge in [-0.3, -0.25) is 0 Å². The van der Waals surface area contributed by atoms with Gasteiger partial charge in [-0.05, 0) is 24.3 Å². The third kappa shape index (κ3) is 2.25. The number of hydrogen-bond acceptors (Lipinski definition) is 5. The molecule has 0 aliphatic heterocycles. The Hall–Kier alpha value is -2.61. The Balaban J connectivity index is 2.24. The van der Waals surface area contributed by atoms with Gasteiger partial charge in [0.15, 0.2) is 0 Å². The highest BCUT2D eigenvalue weighted by Gasteiger charge is 1.98. The summed E-state index contributed by atoms with van der Waals surface area (Å²) in [5.74, 6) is 0.809. The molecule has 0 aliphatic carbocycles. The van der Waals surface area contributed by atoms with Crippen LogP contribution in [-0.2, 0) is 0 Å². The minimum Gasteiger partial charge on any atom is -0.368 e. The predicted octanol–water partition coefficient (Wildman–Crippen LogP) is 1.67. The maximum atomic E-state index is 8.75. The van der Waals surface area contributed by atoms with Crippen molar-refractivity contribution in [1.29, 1.82) is 5.26 Å². The molecule has 1 aromatic heterocycles. The van der Waals surface area contributed by atoms with Crippen molar-refractivity contribution in [3.8, 4) is 6.07 Å². The first-order valence-electron chi connectivity index (χ1n) is 4.63. The molecule has 0 amide bonds. The molecule has 78 valence electrons. The summed E-state index contributed by atoms with van der Waals surface area (Å²) in [5.41, 5.74) is 6.83. The van der Waals surface area contributed by atoms with Crippen LogP contribution in [0.5, 0.6) is 0 Å². The van der Waals surface area contributed by atoms with Crippen molar-refractivity contribution in [2.45, 2.75) is 0 Å². The molecule has 0 spiro atoms. The first-order chi connectivity index (χ1) is 7.78. The maximum Gasteiger partial charge on any atom is 0.221 e. The highest BCUT2D eigenvalue weighted by molar-refractivity contribution is 5.58. The van der Waals surface area contributed by atoms with E-state index in [1.165, 1.54) is 0 Å². The van der Waals surface area contributed by atoms with Gasteiger partial charge in [0.1, 0.15) is 5.82 Å². The van der Waals surface area contributed by atoms with Crippen molar-refractivity contribution in [2.24, 2.45) is 0 Å². The number of rotatable bonds is 2. The Kier molecular flexibility index (Phi) is 2.65. The van der Waals surface area contributed by atoms with E-state index >= 15 is 0 Å². The molecule has 0 atom stereocenters. The zero-order valence-electron chi connectivity index (χ0n) is 8.38. The molecule has 16 heavy (non-hydrogen) atoms. The van der Waals surface area contributed by atoms with Crippen LogP contribution >= 0.6 is 0 Å². The summed E-state index contributed by atoms with van der Waals surface area (Å²) in [5, 5.41) is 11.8. The second kappa shape index (κ2) is 4.28. The second-order valence-corrected chi connectivity index (χ2v) is 3.12. The molecule has 5 nitrogen and oxygen atoms in total. The molecule has 0 radical (unpaired) electrons. The second-order valence-electron chi connectivity index (χ2n) is 3.12. The summed E-state index contributed by atoms with van der Waals surface area (Å²) in [7, 11) is 0. The molecule has 0 fully saturated rings. The molecule has 0 aliphatic rings. The Labute approximate surface area is 92.6 Å². The lowest BCUT2D eigenvalue weighted by Gasteiger charge is -2.05. The highest BCUT2D eigenvalue weighted by Crippen LogP contribution is 2.15. The predicted molar refractivity (Wildman–Crippen MR) is 60.9 cm³/mol. The summed E-state index contributed by atoms with van der Waals surface area (Å²) in [6.45, 7) is 0. The number of nitrogens with one attached hydrogen (secondary N) is 1. The summed E-state index contributed by atoms with van der Waals surface area (Å²) in [4.78, 5) is 7.79. The Morgan fingerprint density at radius 3 is 2.94 bits per heavy atom. The van der Waals surface area contributed by atoms with Crippen LogP contribution in [0.1, 0.15) is 5.56 Å². The fourth-order valence-electron chi connectivity index (χ4n) is 1.26. The monoisotopic (exact) mass is 211 g/mol. The van der Waals surface area contributed by atoms with Gasteiger partial charge in [-0.1, -0.05) is 6.07 Å². The van der Waals surface area contributed by atoms with E-state index in [0.717, 1.165) is 5.69 Å². The summed E-state index contributed by atoms with van der Waals surface area (Å²) in [6, 6.07) is 10.9. The first kappa shape index (κ1) is 9.93. The van der Waals surface area contributed by atoms with E-state index in [-0.39, 0.29) is 5.95 Å². The van der Waals surface area contributed by atoms with Gasteiger partial charge in [0.05, 0.1) is 11.6 Å². The van der Waals surface area contributed by atoms with Crippen molar-refractivity contribution < 1.29 is 0 Å². The van der Waals surface area contributed by atoms with Crippen LogP contribution in [0.15, 0.2) is 36.5 Å². The van der Waals surface area contributed by atoms with Crippen molar-refractivity contribution in [3.05, 3.63) is 42.1 Å². The molecule has 1 heterocycles. The molecule has 1 aromatic carbocycles. The average molecular weight is 211 g/mol. The molecule has 0 unspecified atom stereocenters. The lowest BCUT2D eigenvalue weighted by atomic mass is 10.2. The van der Waals surface area contributed by atoms with Gasteiger partial charge >= 0.3 is 0 Å². The highest BCUT2D eigenvalue weighted by atomic mass is 15.1. The fraction of sp³-hybridized carbons (Fsp3) is 0. The van der Waals surface area contributed by atoms with Crippen LogP contribution in [-0.4, -0.2) is 9.97 Å². The van der Waals surface area contributed by atoms with Gasteiger partial charge in [0, 0.05) is 11.9 Å². The van der Waals surface area contributed by atoms with Crippen molar-refractivity contribution in [1.82, 2.24) is 9.97 Å². The Morgan fingerprint density at radius 1 is 1.31 bits per heavy atom. The van der Waals surface area contributed by atoms with Gasteiger partial charge in [0.25, 0.3) is 0 Å². The van der Waals surface area contributed by atoms with Crippen molar-refractivity contribution in [3.63, 3.8) is 0 Å². The van der Waals surface area contributed by atoms with E-state index in [0.29, 0.717) is 11.4 Å². The van der Waals surface area contributed by atoms with Crippen LogP contribution in [0.4, 0.5) is 17.5 Å². The largest absolute Gasteiger partial charge is 0.368 e. The molecule has 0 saturated carbocycles. The van der Waals surface area contributed by atoms with Crippen LogP contribution in [0, 0.1) is 11.3 Å². The van der Waals surface area contributed by atoms with E-state index in [1.54, 1.807) is 30.5 Å². The number of hydrogen-bond donors (Lipinski definition) is 2. The van der Waals surface area contributed by atoms with Crippen molar-refractivity contribution >= 4 is 17.5 Å². The van der Waals surface area contributed by atoms with Gasteiger partial charge in [-0.25, -0.2) is 4.98 Å². The van der Waals surface area contributed by atoms with Gasteiger partial charge in [-0.15, -0.1) is 0 Å². The lowest BCUT2D eigenvalue weighted by molar-refractivity contribution is 1.18. The van der Waals surface area contributed by atoms with E-state index in [1.807, 2.05) is 6.07 Å². The number of nitrogens with zero attached hydrogens (tertiary/aromatic N) is 3. The van der Waals surface area contributed by atoms with Crippen LogP contribution in [0.25, 0.3) is 0 Å². The fourth-order valence-corrected chi connectivity index (χ4v) is 1.26. The topological polar surface area (TPSA) is 87.6 Å². The average Bonchev–Trinajstić information content (AvgIpc) is 2.29. The number of benzene rings is 1. The molecular formula is C11H9N5. The van der Waals surface area contributed by atoms with E-state index in [9.17, 15) is 0 Å². The third-order valence-electron chi connectivity index (χ3n) is 1.94. The molecule has 2 rings (SSSR count). The zero-order chi connectivity index (χ0) is 11.4. The standard InChI is InChI=1S/C11H9N5/c12-7-8-2-1-3-9(6-8)15-10-4-5-14-11(13)16-10/h1-6H,(H3,13,14,15,16). The number of nitrogen functional groups attached to an aromatic ring is 1. The van der Waals surface area contributed by atoms with Crippen molar-refractivity contribution in [2.75, 3.05) is 11.1 Å². The lowest BCUT2D eigenvalue weighted by Crippen LogP contribution is -1.98. The third-order valence-corrected chi connectivity index (χ3v) is 1.94. The number of nitriles is 1. The minimum absolute atomic E-state index is 0.210. The van der Waals surface area contributed by atoms with E-state index in [4.69, 9.17) is 11.0 Å². The van der Waals surface area contributed by atoms with Crippen LogP contribution in [0.2, 0.25) is 0 Å². The summed E-state index contributed by atoms with van der Waals surface area (Å²) < 4.78 is 0. The zero-order valence-corrected chi connectivity index (χ0v) is 8.38. The van der Waals surface area contributed by atoms with E-state index < -0.39 is 0 Å². The Bertz CT molecular complexity index is 544. The number of anilines is 3. The summed E-state index contributed by atoms with van der Waals surface area (Å²) >= 11 is 0. The van der Waals surface area contributed by atoms with Crippen LogP contribution < -0.4 is 11.1 Å². The quantitative estimate of drug-likeness (QED) is 0.788. The first-order valence-corrected chi connectivity index (χ1v) is 4.63. The summed E-state index contributed by atoms with van der Waals surface area (Å²) in [6.07, 6.45) is 1.57. The Morgan fingerprint density at radius 2 is 2.19 bits per heavy atom. The van der Waals surface area contributed by atoms with Gasteiger partial charge in [-0.2, -0.15) is 10.2 Å². The van der Waals surface area contributed by atoms with Crippen LogP contribution in [0.3, 0.4) is 0 Å². The number of nitrogens with two attached hydrogens (primary N) is 1. The molecule has 0 saturated heterocycles. The molecule has 5 heteroatoms. The normalized spacial score (nSPS) is 9.44. The molecule has 3 N–H and O–H groups in total. The molecule has 0 bridgehead atoms. The smallest absolute Gasteiger partial charge is 0.221 e. The van der Waals surface area contributed by atoms with Gasteiger partial charge in [0.2, 0.25) is 5.95 Å².